The van der Waals surface area contributed by atoms with Crippen LogP contribution in [-0.2, 0) is 11.8 Å². The van der Waals surface area contributed by atoms with Crippen molar-refractivity contribution in [3.63, 3.8) is 0 Å². The predicted molar refractivity (Wildman–Crippen MR) is 118 cm³/mol. The van der Waals surface area contributed by atoms with Crippen molar-refractivity contribution >= 4 is 35.0 Å². The van der Waals surface area contributed by atoms with Gasteiger partial charge in [0.1, 0.15) is 34.1 Å². The van der Waals surface area contributed by atoms with Gasteiger partial charge in [-0.05, 0) is 43.4 Å². The van der Waals surface area contributed by atoms with Gasteiger partial charge in [0.25, 0.3) is 0 Å². The predicted octanol–water partition coefficient (Wildman–Crippen LogP) is 1.50. The highest BCUT2D eigenvalue weighted by Crippen LogP contribution is 2.35. The lowest BCUT2D eigenvalue weighted by atomic mass is 10.0. The van der Waals surface area contributed by atoms with Gasteiger partial charge in [-0.3, -0.25) is 14.1 Å². The molecular weight excluding hydrogens is 446 g/mol. The lowest BCUT2D eigenvalue weighted by Gasteiger charge is -2.14. The molecule has 2 heterocycles. The highest BCUT2D eigenvalue weighted by Gasteiger charge is 2.32. The summed E-state index contributed by atoms with van der Waals surface area (Å²) in [5, 5.41) is 23.8. The van der Waals surface area contributed by atoms with E-state index < -0.39 is 16.8 Å². The minimum Gasteiger partial charge on any atom is -0.383 e. The molecule has 166 valence electrons. The first-order chi connectivity index (χ1) is 15.7. The van der Waals surface area contributed by atoms with Crippen molar-refractivity contribution in [2.24, 2.45) is 7.05 Å². The van der Waals surface area contributed by atoms with Crippen LogP contribution in [0.2, 0.25) is 0 Å². The van der Waals surface area contributed by atoms with Crippen LogP contribution in [0.4, 0.5) is 11.5 Å². The van der Waals surface area contributed by atoms with Gasteiger partial charge in [0.15, 0.2) is 12.8 Å². The Kier molecular flexibility index (Phi) is 6.61. The molecule has 0 saturated carbocycles. The Morgan fingerprint density at radius 2 is 1.88 bits per heavy atom. The largest absolute Gasteiger partial charge is 0.435 e. The molecule has 0 radical (unpaired) electrons. The molecule has 11 nitrogen and oxygen atoms in total. The number of ketones is 1. The maximum atomic E-state index is 12.7. The number of nitrogens with two attached hydrogens (primary N) is 1. The zero-order valence-electron chi connectivity index (χ0n) is 17.8. The number of H-pyrrole nitrogens is 1. The Labute approximate surface area is 191 Å². The molecule has 33 heavy (non-hydrogen) atoms. The van der Waals surface area contributed by atoms with E-state index in [4.69, 9.17) is 10.3 Å². The summed E-state index contributed by atoms with van der Waals surface area (Å²) in [6.45, 7) is 3.05. The van der Waals surface area contributed by atoms with E-state index in [0.29, 0.717) is 11.3 Å². The number of aromatic nitrogens is 3. The Morgan fingerprint density at radius 1 is 1.24 bits per heavy atom. The molecule has 0 aliphatic rings. The van der Waals surface area contributed by atoms with Gasteiger partial charge in [-0.1, -0.05) is 16.4 Å². The quantitative estimate of drug-likeness (QED) is 0.276. The first-order valence-corrected chi connectivity index (χ1v) is 10.4. The number of carbonyl (C=O) groups excluding carboxylic acids is 2. The lowest BCUT2D eigenvalue weighted by Crippen LogP contribution is -2.34. The van der Waals surface area contributed by atoms with E-state index in [-0.39, 0.29) is 39.0 Å². The summed E-state index contributed by atoms with van der Waals surface area (Å²) in [7, 11) is 1.47. The van der Waals surface area contributed by atoms with E-state index in [9.17, 15) is 24.9 Å². The minimum atomic E-state index is -0.799. The van der Waals surface area contributed by atoms with Crippen LogP contribution in [0, 0.1) is 22.7 Å². The van der Waals surface area contributed by atoms with E-state index in [1.54, 1.807) is 31.2 Å². The number of aryl methyl sites for hydroxylation is 1. The topological polar surface area (TPSA) is 183 Å². The highest BCUT2D eigenvalue weighted by atomic mass is 32.2. The monoisotopic (exact) mass is 464 g/mol. The SMILES string of the molecule is CC(=O)c1ccc(NC(=O)C(C)Sc2nc(N)c(C#N)c(-c3c(=O)o[nH][n+]3C)c2C#N)cc1. The molecule has 0 aliphatic carbocycles. The molecule has 0 aliphatic heterocycles. The third-order valence-electron chi connectivity index (χ3n) is 4.67. The Morgan fingerprint density at radius 3 is 2.39 bits per heavy atom. The molecule has 1 unspecified atom stereocenters. The van der Waals surface area contributed by atoms with Crippen molar-refractivity contribution in [3.05, 3.63) is 51.4 Å². The van der Waals surface area contributed by atoms with Crippen molar-refractivity contribution in [3.8, 4) is 23.4 Å². The van der Waals surface area contributed by atoms with Crippen molar-refractivity contribution in [2.45, 2.75) is 24.1 Å². The van der Waals surface area contributed by atoms with Gasteiger partial charge in [0.05, 0.1) is 10.8 Å². The van der Waals surface area contributed by atoms with E-state index in [1.807, 2.05) is 12.1 Å². The van der Waals surface area contributed by atoms with Gasteiger partial charge in [0.2, 0.25) is 5.91 Å². The van der Waals surface area contributed by atoms with Crippen molar-refractivity contribution < 1.29 is 18.8 Å². The number of nitriles is 2. The number of rotatable bonds is 6. The molecule has 0 bridgehead atoms. The number of nitrogen functional groups attached to an aromatic ring is 1. The Bertz CT molecular complexity index is 1390. The smallest absolute Gasteiger partial charge is 0.383 e. The van der Waals surface area contributed by atoms with Gasteiger partial charge in [-0.2, -0.15) is 10.5 Å². The highest BCUT2D eigenvalue weighted by molar-refractivity contribution is 8.00. The molecule has 1 atom stereocenters. The van der Waals surface area contributed by atoms with E-state index >= 15 is 0 Å². The van der Waals surface area contributed by atoms with Crippen molar-refractivity contribution in [1.29, 1.82) is 10.5 Å². The standard InChI is InChI=1S/C21H17N7O4S/c1-10(29)12-4-6-13(7-5-12)25-19(30)11(2)33-20-15(9-23)16(14(8-22)18(24)26-20)17-21(31)32-27-28(17)3/h4-7,11H,1-3H3,(H3-,24,25,26,27,29,30,31)/p+1. The van der Waals surface area contributed by atoms with Crippen LogP contribution in [0.15, 0.2) is 38.6 Å². The summed E-state index contributed by atoms with van der Waals surface area (Å²) in [5.41, 5.74) is 5.80. The summed E-state index contributed by atoms with van der Waals surface area (Å²) in [6.07, 6.45) is 0. The third-order valence-corrected chi connectivity index (χ3v) is 5.76. The number of anilines is 2. The summed E-state index contributed by atoms with van der Waals surface area (Å²) in [5.74, 6) is -0.675. The minimum absolute atomic E-state index is 0.0278. The number of aromatic amines is 1. The van der Waals surface area contributed by atoms with E-state index in [1.165, 1.54) is 18.7 Å². The number of nitrogens with zero attached hydrogens (tertiary/aromatic N) is 4. The number of carbonyl (C=O) groups is 2. The van der Waals surface area contributed by atoms with Crippen molar-refractivity contribution in [2.75, 3.05) is 11.1 Å². The van der Waals surface area contributed by atoms with Gasteiger partial charge >= 0.3 is 11.3 Å². The number of pyridine rings is 1. The number of benzene rings is 1. The zero-order chi connectivity index (χ0) is 24.3. The normalized spacial score (nSPS) is 11.3. The third kappa shape index (κ3) is 4.61. The number of hydrogen-bond acceptors (Lipinski definition) is 9. The summed E-state index contributed by atoms with van der Waals surface area (Å²) >= 11 is 0.945. The van der Waals surface area contributed by atoms with Gasteiger partial charge < -0.3 is 11.1 Å². The van der Waals surface area contributed by atoms with Crippen LogP contribution in [0.1, 0.15) is 35.3 Å². The van der Waals surface area contributed by atoms with Gasteiger partial charge in [0, 0.05) is 11.3 Å². The van der Waals surface area contributed by atoms with Crippen LogP contribution in [0.3, 0.4) is 0 Å². The number of Topliss-reactive ketones (excluding diaryl/α,β-unsaturated/α-hetero) is 1. The fourth-order valence-electron chi connectivity index (χ4n) is 2.98. The van der Waals surface area contributed by atoms with Crippen LogP contribution in [0.5, 0.6) is 0 Å². The number of amides is 1. The molecule has 0 fully saturated rings. The van der Waals surface area contributed by atoms with Crippen molar-refractivity contribution in [1.82, 2.24) is 10.3 Å². The van der Waals surface area contributed by atoms with E-state index in [0.717, 1.165) is 11.8 Å². The van der Waals surface area contributed by atoms with Gasteiger partial charge in [-0.25, -0.2) is 9.78 Å². The van der Waals surface area contributed by atoms with Crippen LogP contribution < -0.4 is 21.4 Å². The second-order valence-corrected chi connectivity index (χ2v) is 8.25. The fourth-order valence-corrected chi connectivity index (χ4v) is 3.90. The molecule has 12 heteroatoms. The molecule has 3 aromatic rings. The maximum absolute atomic E-state index is 12.7. The molecule has 3 rings (SSSR count). The zero-order valence-corrected chi connectivity index (χ0v) is 18.6. The summed E-state index contributed by atoms with van der Waals surface area (Å²) in [4.78, 5) is 40.4. The molecule has 4 N–H and O–H groups in total. The first kappa shape index (κ1) is 23.2. The average Bonchev–Trinajstić information content (AvgIpc) is 3.11. The van der Waals surface area contributed by atoms with Crippen LogP contribution in [0.25, 0.3) is 11.3 Å². The first-order valence-electron chi connectivity index (χ1n) is 9.48. The Balaban J connectivity index is 1.96. The Hall–Kier alpha value is -4.42. The number of hydrogen-bond donors (Lipinski definition) is 3. The molecule has 1 aromatic carbocycles. The summed E-state index contributed by atoms with van der Waals surface area (Å²) in [6, 6.07) is 10.2. The number of nitrogens with one attached hydrogen (secondary N) is 2. The maximum Gasteiger partial charge on any atom is 0.435 e. The molecule has 0 spiro atoms. The molecule has 1 amide bonds. The molecule has 0 saturated heterocycles. The van der Waals surface area contributed by atoms with E-state index in [2.05, 4.69) is 15.6 Å². The molecule has 2 aromatic heterocycles. The van der Waals surface area contributed by atoms with Crippen LogP contribution >= 0.6 is 11.8 Å². The second-order valence-electron chi connectivity index (χ2n) is 6.92. The van der Waals surface area contributed by atoms with Gasteiger partial charge in [-0.15, -0.1) is 0 Å². The molecular formula is C21H18N7O4S+. The summed E-state index contributed by atoms with van der Waals surface area (Å²) < 4.78 is 5.96. The average molecular weight is 464 g/mol. The van der Waals surface area contributed by atoms with Crippen LogP contribution in [-0.4, -0.2) is 27.2 Å². The fraction of sp³-hybridized carbons (Fsp3) is 0.190. The lowest BCUT2D eigenvalue weighted by molar-refractivity contribution is -0.730. The number of thioether (sulfide) groups is 1. The second kappa shape index (κ2) is 9.38.